The smallest absolute Gasteiger partial charge is 0.264 e. The molecule has 0 bridgehead atoms. The largest absolute Gasteiger partial charge is 0.496 e. The van der Waals surface area contributed by atoms with Crippen molar-refractivity contribution in [3.8, 4) is 5.75 Å². The summed E-state index contributed by atoms with van der Waals surface area (Å²) in [6.07, 6.45) is 0. The zero-order valence-corrected chi connectivity index (χ0v) is 21.4. The van der Waals surface area contributed by atoms with Crippen molar-refractivity contribution in [1.29, 1.82) is 0 Å². The molecule has 1 N–H and O–H groups in total. The number of benzene rings is 3. The van der Waals surface area contributed by atoms with E-state index in [1.165, 1.54) is 30.3 Å². The molecular weight excluding hydrogens is 467 g/mol. The molecule has 35 heavy (non-hydrogen) atoms. The lowest BCUT2D eigenvalue weighted by molar-refractivity contribution is -0.120. The van der Waals surface area contributed by atoms with Crippen LogP contribution in [-0.2, 0) is 14.8 Å². The van der Waals surface area contributed by atoms with Crippen molar-refractivity contribution in [3.05, 3.63) is 89.2 Å². The molecule has 0 aliphatic carbocycles. The molecule has 0 unspecified atom stereocenters. The number of nitrogens with one attached hydrogen (secondary N) is 1. The Hall–Kier alpha value is -3.39. The summed E-state index contributed by atoms with van der Waals surface area (Å²) < 4.78 is 47.7. The second kappa shape index (κ2) is 10.9. The number of aryl methyl sites for hydroxylation is 1. The van der Waals surface area contributed by atoms with Crippen LogP contribution in [0.2, 0.25) is 0 Å². The zero-order valence-electron chi connectivity index (χ0n) is 20.6. The number of hydrogen-bond acceptors (Lipinski definition) is 4. The summed E-state index contributed by atoms with van der Waals surface area (Å²) in [5.74, 6) is -0.304. The monoisotopic (exact) mass is 498 g/mol. The maximum absolute atomic E-state index is 14.7. The van der Waals surface area contributed by atoms with Gasteiger partial charge >= 0.3 is 0 Å². The zero-order chi connectivity index (χ0) is 25.8. The molecule has 3 aromatic rings. The average molecular weight is 499 g/mol. The number of nitrogens with zero attached hydrogens (tertiary/aromatic N) is 1. The first kappa shape index (κ1) is 26.2. The number of sulfonamides is 1. The van der Waals surface area contributed by atoms with E-state index in [0.717, 1.165) is 32.8 Å². The molecule has 0 spiro atoms. The van der Waals surface area contributed by atoms with Crippen molar-refractivity contribution in [3.63, 3.8) is 0 Å². The summed E-state index contributed by atoms with van der Waals surface area (Å²) in [5.41, 5.74) is 2.64. The van der Waals surface area contributed by atoms with Crippen LogP contribution < -0.4 is 14.4 Å². The number of rotatable bonds is 9. The number of amides is 1. The molecule has 0 fully saturated rings. The lowest BCUT2D eigenvalue weighted by Gasteiger charge is -2.26. The summed E-state index contributed by atoms with van der Waals surface area (Å²) in [5, 5.41) is 2.88. The van der Waals surface area contributed by atoms with Crippen molar-refractivity contribution in [2.75, 3.05) is 18.0 Å². The van der Waals surface area contributed by atoms with Crippen LogP contribution in [0.25, 0.3) is 0 Å². The van der Waals surface area contributed by atoms with Gasteiger partial charge in [0.05, 0.1) is 23.7 Å². The average Bonchev–Trinajstić information content (AvgIpc) is 2.83. The molecule has 0 saturated heterocycles. The van der Waals surface area contributed by atoms with E-state index in [0.29, 0.717) is 0 Å². The van der Waals surface area contributed by atoms with Crippen LogP contribution in [0.4, 0.5) is 10.1 Å². The van der Waals surface area contributed by atoms with E-state index >= 15 is 0 Å². The van der Waals surface area contributed by atoms with Gasteiger partial charge in [0, 0.05) is 0 Å². The van der Waals surface area contributed by atoms with Crippen LogP contribution in [-0.4, -0.2) is 28.0 Å². The van der Waals surface area contributed by atoms with E-state index in [4.69, 9.17) is 4.74 Å². The van der Waals surface area contributed by atoms with E-state index < -0.39 is 34.3 Å². The van der Waals surface area contributed by atoms with E-state index in [9.17, 15) is 17.6 Å². The topological polar surface area (TPSA) is 75.7 Å². The van der Waals surface area contributed by atoms with Crippen molar-refractivity contribution in [2.24, 2.45) is 0 Å². The third kappa shape index (κ3) is 5.82. The Labute approximate surface area is 206 Å². The summed E-state index contributed by atoms with van der Waals surface area (Å²) in [6, 6.07) is 16.7. The summed E-state index contributed by atoms with van der Waals surface area (Å²) in [6.45, 7) is 7.29. The van der Waals surface area contributed by atoms with Crippen LogP contribution in [0, 0.1) is 12.7 Å². The summed E-state index contributed by atoms with van der Waals surface area (Å²) in [4.78, 5) is 13.1. The second-order valence-corrected chi connectivity index (χ2v) is 10.5. The fraction of sp³-hybridized carbons (Fsp3) is 0.296. The molecule has 6 nitrogen and oxygen atoms in total. The molecule has 0 aliphatic rings. The molecule has 186 valence electrons. The number of ether oxygens (including phenoxy) is 1. The minimum atomic E-state index is -4.19. The van der Waals surface area contributed by atoms with Gasteiger partial charge in [0.15, 0.2) is 0 Å². The standard InChI is InChI=1S/C27H31FN2O4S/c1-18(2)22-16-23(19(3)15-26(22)34-5)20(4)29-27(31)17-30(25-14-10-9-13-24(25)28)35(32,33)21-11-7-6-8-12-21/h6-16,18,20H,17H2,1-5H3,(H,29,31)/t20-/m1/s1. The van der Waals surface area contributed by atoms with Gasteiger partial charge in [0.25, 0.3) is 10.0 Å². The summed E-state index contributed by atoms with van der Waals surface area (Å²) >= 11 is 0. The highest BCUT2D eigenvalue weighted by Gasteiger charge is 2.29. The van der Waals surface area contributed by atoms with Crippen LogP contribution in [0.1, 0.15) is 49.4 Å². The van der Waals surface area contributed by atoms with E-state index in [1.807, 2.05) is 26.0 Å². The Balaban J connectivity index is 1.92. The fourth-order valence-corrected chi connectivity index (χ4v) is 5.43. The van der Waals surface area contributed by atoms with Gasteiger partial charge in [-0.05, 0) is 72.9 Å². The first-order valence-electron chi connectivity index (χ1n) is 11.4. The highest BCUT2D eigenvalue weighted by atomic mass is 32.2. The first-order chi connectivity index (χ1) is 16.6. The Kier molecular flexibility index (Phi) is 8.17. The Bertz CT molecular complexity index is 1290. The minimum Gasteiger partial charge on any atom is -0.496 e. The molecule has 3 rings (SSSR count). The van der Waals surface area contributed by atoms with Crippen LogP contribution in [0.15, 0.2) is 71.6 Å². The van der Waals surface area contributed by atoms with E-state index in [2.05, 4.69) is 19.2 Å². The second-order valence-electron chi connectivity index (χ2n) is 8.67. The van der Waals surface area contributed by atoms with Crippen LogP contribution in [0.5, 0.6) is 5.75 Å². The SMILES string of the molecule is COc1cc(C)c([C@@H](C)NC(=O)CN(c2ccccc2F)S(=O)(=O)c2ccccc2)cc1C(C)C. The minimum absolute atomic E-state index is 0.0309. The molecular formula is C27H31FN2O4S. The first-order valence-corrected chi connectivity index (χ1v) is 12.8. The van der Waals surface area contributed by atoms with Gasteiger partial charge in [-0.3, -0.25) is 9.10 Å². The predicted octanol–water partition coefficient (Wildman–Crippen LogP) is 5.34. The number of hydrogen-bond donors (Lipinski definition) is 1. The van der Waals surface area contributed by atoms with Gasteiger partial charge in [0.1, 0.15) is 18.1 Å². The van der Waals surface area contributed by atoms with Crippen molar-refractivity contribution in [2.45, 2.75) is 44.6 Å². The third-order valence-corrected chi connectivity index (χ3v) is 7.60. The normalized spacial score (nSPS) is 12.3. The lowest BCUT2D eigenvalue weighted by Crippen LogP contribution is -2.42. The maximum atomic E-state index is 14.7. The molecule has 0 saturated carbocycles. The van der Waals surface area contributed by atoms with Crippen molar-refractivity contribution >= 4 is 21.6 Å². The molecule has 8 heteroatoms. The van der Waals surface area contributed by atoms with Crippen molar-refractivity contribution in [1.82, 2.24) is 5.32 Å². The number of methoxy groups -OCH3 is 1. The van der Waals surface area contributed by atoms with Gasteiger partial charge in [-0.15, -0.1) is 0 Å². The molecule has 0 radical (unpaired) electrons. The number of anilines is 1. The number of carbonyl (C=O) groups is 1. The lowest BCUT2D eigenvalue weighted by atomic mass is 9.93. The molecule has 0 heterocycles. The van der Waals surface area contributed by atoms with Gasteiger partial charge in [-0.1, -0.05) is 44.2 Å². The highest BCUT2D eigenvalue weighted by molar-refractivity contribution is 7.92. The van der Waals surface area contributed by atoms with Crippen LogP contribution in [0.3, 0.4) is 0 Å². The molecule has 3 aromatic carbocycles. The molecule has 0 aliphatic heterocycles. The van der Waals surface area contributed by atoms with E-state index in [1.54, 1.807) is 25.3 Å². The maximum Gasteiger partial charge on any atom is 0.264 e. The van der Waals surface area contributed by atoms with Gasteiger partial charge in [0.2, 0.25) is 5.91 Å². The number of para-hydroxylation sites is 1. The molecule has 1 atom stereocenters. The van der Waals surface area contributed by atoms with Gasteiger partial charge in [-0.25, -0.2) is 12.8 Å². The predicted molar refractivity (Wildman–Crippen MR) is 136 cm³/mol. The van der Waals surface area contributed by atoms with Gasteiger partial charge < -0.3 is 10.1 Å². The highest BCUT2D eigenvalue weighted by Crippen LogP contribution is 2.32. The Morgan fingerprint density at radius 1 is 1.00 bits per heavy atom. The fourth-order valence-electron chi connectivity index (χ4n) is 3.98. The van der Waals surface area contributed by atoms with Crippen LogP contribution >= 0.6 is 0 Å². The molecule has 0 aromatic heterocycles. The molecule has 1 amide bonds. The third-order valence-electron chi connectivity index (χ3n) is 5.82. The Morgan fingerprint density at radius 3 is 2.23 bits per heavy atom. The van der Waals surface area contributed by atoms with Crippen molar-refractivity contribution < 1.29 is 22.3 Å². The van der Waals surface area contributed by atoms with Gasteiger partial charge in [-0.2, -0.15) is 0 Å². The number of carbonyl (C=O) groups excluding carboxylic acids is 1. The number of halogens is 1. The van der Waals surface area contributed by atoms with E-state index in [-0.39, 0.29) is 16.5 Å². The Morgan fingerprint density at radius 2 is 1.63 bits per heavy atom. The summed E-state index contributed by atoms with van der Waals surface area (Å²) in [7, 11) is -2.57. The quantitative estimate of drug-likeness (QED) is 0.432.